The Balaban J connectivity index is 1.30. The molecule has 0 saturated heterocycles. The molecule has 3 N–H and O–H groups in total. The van der Waals surface area contributed by atoms with Crippen LogP contribution in [0.5, 0.6) is 0 Å². The summed E-state index contributed by atoms with van der Waals surface area (Å²) in [5.41, 5.74) is 4.38. The third kappa shape index (κ3) is 5.66. The van der Waals surface area contributed by atoms with Gasteiger partial charge >= 0.3 is 12.1 Å². The molecule has 0 unspecified atom stereocenters. The second kappa shape index (κ2) is 10.5. The Morgan fingerprint density at radius 3 is 2.14 bits per heavy atom. The van der Waals surface area contributed by atoms with E-state index in [1.54, 1.807) is 0 Å². The van der Waals surface area contributed by atoms with Gasteiger partial charge in [-0.2, -0.15) is 0 Å². The first-order valence-corrected chi connectivity index (χ1v) is 12.4. The third-order valence-electron chi connectivity index (χ3n) is 7.45. The molecular formula is C28H34N2O5. The van der Waals surface area contributed by atoms with E-state index in [1.165, 1.54) is 11.1 Å². The van der Waals surface area contributed by atoms with Gasteiger partial charge in [-0.1, -0.05) is 68.8 Å². The molecule has 1 saturated carbocycles. The number of carboxylic acids is 1. The van der Waals surface area contributed by atoms with Crippen molar-refractivity contribution in [2.45, 2.75) is 57.9 Å². The maximum atomic E-state index is 12.7. The number of benzene rings is 2. The van der Waals surface area contributed by atoms with Crippen molar-refractivity contribution in [3.8, 4) is 11.1 Å². The smallest absolute Gasteiger partial charge is 0.407 e. The molecular weight excluding hydrogens is 444 g/mol. The highest BCUT2D eigenvalue weighted by Crippen LogP contribution is 2.45. The number of rotatable bonds is 10. The summed E-state index contributed by atoms with van der Waals surface area (Å²) >= 11 is 0. The summed E-state index contributed by atoms with van der Waals surface area (Å²) in [4.78, 5) is 36.4. The Morgan fingerprint density at radius 1 is 1.03 bits per heavy atom. The van der Waals surface area contributed by atoms with Gasteiger partial charge in [-0.15, -0.1) is 0 Å². The fraction of sp³-hybridized carbons (Fsp3) is 0.464. The lowest BCUT2D eigenvalue weighted by atomic mass is 9.66. The van der Waals surface area contributed by atoms with Gasteiger partial charge in [-0.25, -0.2) is 4.79 Å². The Labute approximate surface area is 206 Å². The molecule has 2 aromatic carbocycles. The van der Waals surface area contributed by atoms with Crippen LogP contribution in [-0.2, 0) is 14.3 Å². The fourth-order valence-corrected chi connectivity index (χ4v) is 5.24. The topological polar surface area (TPSA) is 105 Å². The molecule has 0 spiro atoms. The van der Waals surface area contributed by atoms with Crippen molar-refractivity contribution in [2.24, 2.45) is 11.3 Å². The van der Waals surface area contributed by atoms with Crippen LogP contribution in [0.3, 0.4) is 0 Å². The molecule has 0 aliphatic heterocycles. The minimum atomic E-state index is -0.931. The number of ether oxygens (including phenoxy) is 1. The van der Waals surface area contributed by atoms with Gasteiger partial charge in [0.2, 0.25) is 5.91 Å². The molecule has 2 aliphatic carbocycles. The number of nitrogens with one attached hydrogen (secondary N) is 2. The zero-order valence-electron chi connectivity index (χ0n) is 20.4. The van der Waals surface area contributed by atoms with Crippen molar-refractivity contribution in [2.75, 3.05) is 13.2 Å². The largest absolute Gasteiger partial charge is 0.481 e. The molecule has 1 atom stereocenters. The normalized spacial score (nSPS) is 16.5. The van der Waals surface area contributed by atoms with Gasteiger partial charge < -0.3 is 20.5 Å². The number of carbonyl (C=O) groups excluding carboxylic acids is 2. The molecule has 2 aromatic rings. The summed E-state index contributed by atoms with van der Waals surface area (Å²) in [5.74, 6) is -1.08. The maximum absolute atomic E-state index is 12.7. The van der Waals surface area contributed by atoms with E-state index in [-0.39, 0.29) is 42.6 Å². The molecule has 0 aromatic heterocycles. The van der Waals surface area contributed by atoms with Gasteiger partial charge in [0.25, 0.3) is 0 Å². The van der Waals surface area contributed by atoms with Crippen LogP contribution >= 0.6 is 0 Å². The number of carbonyl (C=O) groups is 3. The Kier molecular flexibility index (Phi) is 7.43. The van der Waals surface area contributed by atoms with E-state index in [0.29, 0.717) is 6.54 Å². The Morgan fingerprint density at radius 2 is 1.63 bits per heavy atom. The van der Waals surface area contributed by atoms with Gasteiger partial charge in [0, 0.05) is 24.9 Å². The van der Waals surface area contributed by atoms with Gasteiger partial charge in [0.1, 0.15) is 6.61 Å². The summed E-state index contributed by atoms with van der Waals surface area (Å²) in [6.07, 6.45) is 2.37. The minimum absolute atomic E-state index is 0.00112. The molecule has 0 bridgehead atoms. The summed E-state index contributed by atoms with van der Waals surface area (Å²) in [7, 11) is 0. The van der Waals surface area contributed by atoms with E-state index < -0.39 is 18.1 Å². The first-order chi connectivity index (χ1) is 16.8. The highest BCUT2D eigenvalue weighted by Gasteiger charge is 2.40. The second-order valence-corrected chi connectivity index (χ2v) is 10.2. The number of fused-ring (bicyclic) bond motifs is 3. The number of aliphatic carboxylic acids is 1. The second-order valence-electron chi connectivity index (χ2n) is 10.2. The molecule has 186 valence electrons. The molecule has 2 amide bonds. The average Bonchev–Trinajstić information content (AvgIpc) is 3.12. The van der Waals surface area contributed by atoms with E-state index in [1.807, 2.05) is 38.1 Å². The summed E-state index contributed by atoms with van der Waals surface area (Å²) in [6.45, 7) is 4.40. The van der Waals surface area contributed by atoms with Crippen LogP contribution < -0.4 is 10.6 Å². The van der Waals surface area contributed by atoms with E-state index in [9.17, 15) is 14.4 Å². The molecule has 0 heterocycles. The Bertz CT molecular complexity index is 1050. The van der Waals surface area contributed by atoms with Crippen molar-refractivity contribution in [3.05, 3.63) is 59.7 Å². The highest BCUT2D eigenvalue weighted by molar-refractivity contribution is 5.79. The fourth-order valence-electron chi connectivity index (χ4n) is 5.24. The molecule has 2 aliphatic rings. The number of alkyl carbamates (subject to hydrolysis) is 1. The van der Waals surface area contributed by atoms with Crippen LogP contribution in [0.2, 0.25) is 0 Å². The maximum Gasteiger partial charge on any atom is 0.407 e. The quantitative estimate of drug-likeness (QED) is 0.459. The van der Waals surface area contributed by atoms with Crippen molar-refractivity contribution >= 4 is 18.0 Å². The molecule has 0 radical (unpaired) electrons. The van der Waals surface area contributed by atoms with Gasteiger partial charge in [-0.05, 0) is 46.4 Å². The zero-order valence-corrected chi connectivity index (χ0v) is 20.4. The standard InChI is InChI=1S/C28H34N2O5/c1-18(2)24(14-26(32)33)30-25(31)15-28(12-7-13-28)17-29-27(34)35-16-23-21-10-5-3-8-19(21)20-9-4-6-11-22(20)23/h3-6,8-11,18,23-24H,7,12-17H2,1-2H3,(H,29,34)(H,30,31)(H,32,33)/t24-/m1/s1. The summed E-state index contributed by atoms with van der Waals surface area (Å²) in [5, 5.41) is 14.9. The average molecular weight is 479 g/mol. The van der Waals surface area contributed by atoms with E-state index in [0.717, 1.165) is 30.4 Å². The van der Waals surface area contributed by atoms with E-state index in [2.05, 4.69) is 34.9 Å². The predicted molar refractivity (Wildman–Crippen MR) is 133 cm³/mol. The van der Waals surface area contributed by atoms with Gasteiger partial charge in [0.05, 0.1) is 6.42 Å². The SMILES string of the molecule is CC(C)[C@@H](CC(=O)O)NC(=O)CC1(CNC(=O)OCC2c3ccccc3-c3ccccc32)CCC1. The van der Waals surface area contributed by atoms with E-state index in [4.69, 9.17) is 9.84 Å². The monoisotopic (exact) mass is 478 g/mol. The molecule has 4 rings (SSSR count). The van der Waals surface area contributed by atoms with E-state index >= 15 is 0 Å². The third-order valence-corrected chi connectivity index (χ3v) is 7.45. The molecule has 7 nitrogen and oxygen atoms in total. The highest BCUT2D eigenvalue weighted by atomic mass is 16.5. The minimum Gasteiger partial charge on any atom is -0.481 e. The van der Waals surface area contributed by atoms with Crippen LogP contribution in [0, 0.1) is 11.3 Å². The van der Waals surface area contributed by atoms with Gasteiger partial charge in [0.15, 0.2) is 0 Å². The van der Waals surface area contributed by atoms with Crippen molar-refractivity contribution in [1.82, 2.24) is 10.6 Å². The number of carboxylic acid groups (broad SMARTS) is 1. The molecule has 1 fully saturated rings. The van der Waals surface area contributed by atoms with Crippen LogP contribution in [0.1, 0.15) is 63.0 Å². The van der Waals surface area contributed by atoms with Crippen molar-refractivity contribution < 1.29 is 24.2 Å². The van der Waals surface area contributed by atoms with Crippen LogP contribution in [0.25, 0.3) is 11.1 Å². The van der Waals surface area contributed by atoms with Crippen molar-refractivity contribution in [1.29, 1.82) is 0 Å². The molecule has 7 heteroatoms. The van der Waals surface area contributed by atoms with Crippen LogP contribution in [0.15, 0.2) is 48.5 Å². The van der Waals surface area contributed by atoms with Crippen LogP contribution in [0.4, 0.5) is 4.79 Å². The lowest BCUT2D eigenvalue weighted by Crippen LogP contribution is -2.48. The number of hydrogen-bond donors (Lipinski definition) is 3. The van der Waals surface area contributed by atoms with Crippen molar-refractivity contribution in [3.63, 3.8) is 0 Å². The van der Waals surface area contributed by atoms with Gasteiger partial charge in [-0.3, -0.25) is 9.59 Å². The Hall–Kier alpha value is -3.35. The first kappa shape index (κ1) is 24.8. The number of amides is 2. The molecule has 35 heavy (non-hydrogen) atoms. The predicted octanol–water partition coefficient (Wildman–Crippen LogP) is 4.70. The summed E-state index contributed by atoms with van der Waals surface area (Å²) < 4.78 is 5.63. The van der Waals surface area contributed by atoms with Crippen LogP contribution in [-0.4, -0.2) is 42.3 Å². The number of hydrogen-bond acceptors (Lipinski definition) is 4. The zero-order chi connectivity index (χ0) is 25.0. The first-order valence-electron chi connectivity index (χ1n) is 12.4. The lowest BCUT2D eigenvalue weighted by Gasteiger charge is -2.41. The lowest BCUT2D eigenvalue weighted by molar-refractivity contribution is -0.138. The summed E-state index contributed by atoms with van der Waals surface area (Å²) in [6, 6.07) is 16.0.